The number of ether oxygens (including phenoxy) is 1. The molecule has 1 N–H and O–H groups in total. The van der Waals surface area contributed by atoms with Gasteiger partial charge in [-0.25, -0.2) is 0 Å². The van der Waals surface area contributed by atoms with E-state index in [1.165, 1.54) is 25.1 Å². The van der Waals surface area contributed by atoms with E-state index in [1.54, 1.807) is 31.2 Å². The Hall–Kier alpha value is -3.15. The molecule has 2 rings (SSSR count). The normalized spacial score (nSPS) is 10.0. The Bertz CT molecular complexity index is 782. The Labute approximate surface area is 132 Å². The number of aryl methyl sites for hydroxylation is 1. The smallest absolute Gasteiger partial charge is 0.308 e. The average molecular weight is 312 g/mol. The van der Waals surface area contributed by atoms with Gasteiger partial charge in [-0.1, -0.05) is 18.2 Å². The van der Waals surface area contributed by atoms with E-state index in [9.17, 15) is 19.5 Å². The first-order valence-electron chi connectivity index (χ1n) is 6.78. The van der Waals surface area contributed by atoms with Crippen LogP contribution in [0.5, 0.6) is 5.75 Å². The third-order valence-electron chi connectivity index (χ3n) is 3.08. The van der Waals surface area contributed by atoms with Crippen LogP contribution >= 0.6 is 0 Å². The lowest BCUT2D eigenvalue weighted by molar-refractivity contribution is -0.255. The Morgan fingerprint density at radius 1 is 1.04 bits per heavy atom. The molecule has 0 aliphatic heterocycles. The van der Waals surface area contributed by atoms with Crippen LogP contribution in [-0.4, -0.2) is 17.8 Å². The van der Waals surface area contributed by atoms with Crippen LogP contribution in [0.25, 0.3) is 0 Å². The molecule has 6 heteroatoms. The number of hydrogen-bond acceptors (Lipinski definition) is 5. The van der Waals surface area contributed by atoms with Gasteiger partial charge in [0.2, 0.25) is 0 Å². The van der Waals surface area contributed by atoms with Crippen molar-refractivity contribution in [3.63, 3.8) is 0 Å². The van der Waals surface area contributed by atoms with Crippen LogP contribution in [0.1, 0.15) is 33.2 Å². The van der Waals surface area contributed by atoms with Crippen molar-refractivity contribution in [2.75, 3.05) is 5.32 Å². The maximum Gasteiger partial charge on any atom is 0.308 e. The molecule has 0 saturated heterocycles. The fraction of sp³-hybridized carbons (Fsp3) is 0.118. The molecule has 0 aromatic heterocycles. The highest BCUT2D eigenvalue weighted by Crippen LogP contribution is 2.19. The van der Waals surface area contributed by atoms with E-state index in [1.807, 2.05) is 0 Å². The fourth-order valence-corrected chi connectivity index (χ4v) is 1.94. The van der Waals surface area contributed by atoms with Gasteiger partial charge in [-0.05, 0) is 42.3 Å². The first kappa shape index (κ1) is 16.2. The number of nitrogens with one attached hydrogen (secondary N) is 1. The van der Waals surface area contributed by atoms with E-state index in [0.717, 1.165) is 0 Å². The van der Waals surface area contributed by atoms with Gasteiger partial charge in [0.05, 0.1) is 5.97 Å². The first-order chi connectivity index (χ1) is 10.9. The minimum Gasteiger partial charge on any atom is -0.545 e. The Kier molecular flexibility index (Phi) is 4.75. The van der Waals surface area contributed by atoms with Crippen LogP contribution in [-0.2, 0) is 4.79 Å². The van der Waals surface area contributed by atoms with Gasteiger partial charge in [0.15, 0.2) is 0 Å². The fourth-order valence-electron chi connectivity index (χ4n) is 1.94. The quantitative estimate of drug-likeness (QED) is 0.682. The molecule has 0 radical (unpaired) electrons. The highest BCUT2D eigenvalue weighted by Gasteiger charge is 2.10. The molecule has 0 atom stereocenters. The van der Waals surface area contributed by atoms with Crippen molar-refractivity contribution in [2.24, 2.45) is 0 Å². The van der Waals surface area contributed by atoms with Crippen LogP contribution in [0.3, 0.4) is 0 Å². The standard InChI is InChI=1S/C17H15NO5/c1-10-6-7-13(17(21)22)9-15(10)18-16(20)12-4-3-5-14(8-12)23-11(2)19/h3-9H,1-2H3,(H,18,20)(H,21,22)/p-1. The van der Waals surface area contributed by atoms with E-state index in [0.29, 0.717) is 11.3 Å². The Morgan fingerprint density at radius 2 is 1.78 bits per heavy atom. The van der Waals surface area contributed by atoms with Crippen LogP contribution in [0.15, 0.2) is 42.5 Å². The summed E-state index contributed by atoms with van der Waals surface area (Å²) in [5, 5.41) is 13.5. The van der Waals surface area contributed by atoms with Crippen molar-refractivity contribution in [1.29, 1.82) is 0 Å². The zero-order valence-electron chi connectivity index (χ0n) is 12.6. The monoisotopic (exact) mass is 312 g/mol. The lowest BCUT2D eigenvalue weighted by atomic mass is 10.1. The summed E-state index contributed by atoms with van der Waals surface area (Å²) >= 11 is 0. The van der Waals surface area contributed by atoms with Gasteiger partial charge in [0.1, 0.15) is 5.75 Å². The lowest BCUT2D eigenvalue weighted by Crippen LogP contribution is -2.22. The summed E-state index contributed by atoms with van der Waals surface area (Å²) in [5.41, 5.74) is 1.33. The SMILES string of the molecule is CC(=O)Oc1cccc(C(=O)Nc2cc(C(=O)[O-])ccc2C)c1. The second-order valence-electron chi connectivity index (χ2n) is 4.89. The summed E-state index contributed by atoms with van der Waals surface area (Å²) in [6.45, 7) is 3.01. The predicted octanol–water partition coefficient (Wildman–Crippen LogP) is 1.54. The second-order valence-corrected chi connectivity index (χ2v) is 4.89. The van der Waals surface area contributed by atoms with Crippen molar-refractivity contribution in [1.82, 2.24) is 0 Å². The van der Waals surface area contributed by atoms with E-state index in [2.05, 4.69) is 5.32 Å². The molecule has 2 aromatic rings. The van der Waals surface area contributed by atoms with Crippen LogP contribution in [0.2, 0.25) is 0 Å². The third kappa shape index (κ3) is 4.16. The predicted molar refractivity (Wildman–Crippen MR) is 81.2 cm³/mol. The highest BCUT2D eigenvalue weighted by atomic mass is 16.5. The van der Waals surface area contributed by atoms with Gasteiger partial charge in [0, 0.05) is 18.2 Å². The lowest BCUT2D eigenvalue weighted by Gasteiger charge is -2.11. The Morgan fingerprint density at radius 3 is 2.43 bits per heavy atom. The van der Waals surface area contributed by atoms with Crippen molar-refractivity contribution in [3.05, 3.63) is 59.2 Å². The van der Waals surface area contributed by atoms with Crippen LogP contribution in [0.4, 0.5) is 5.69 Å². The molecule has 6 nitrogen and oxygen atoms in total. The molecule has 0 heterocycles. The molecular weight excluding hydrogens is 298 g/mol. The molecule has 2 aromatic carbocycles. The molecule has 0 aliphatic carbocycles. The van der Waals surface area contributed by atoms with Gasteiger partial charge < -0.3 is 20.0 Å². The summed E-state index contributed by atoms with van der Waals surface area (Å²) in [6, 6.07) is 10.4. The number of benzene rings is 2. The van der Waals surface area contributed by atoms with E-state index in [-0.39, 0.29) is 16.9 Å². The number of carboxylic acids is 1. The van der Waals surface area contributed by atoms with E-state index in [4.69, 9.17) is 4.74 Å². The zero-order chi connectivity index (χ0) is 17.0. The molecule has 0 aliphatic rings. The molecule has 1 amide bonds. The molecule has 118 valence electrons. The minimum absolute atomic E-state index is 0.0282. The van der Waals surface area contributed by atoms with Crippen molar-refractivity contribution >= 4 is 23.5 Å². The Balaban J connectivity index is 2.24. The summed E-state index contributed by atoms with van der Waals surface area (Å²) in [4.78, 5) is 34.1. The van der Waals surface area contributed by atoms with Crippen LogP contribution in [0, 0.1) is 6.92 Å². The number of rotatable bonds is 4. The van der Waals surface area contributed by atoms with Crippen molar-refractivity contribution in [3.8, 4) is 5.75 Å². The molecule has 0 saturated carbocycles. The van der Waals surface area contributed by atoms with E-state index >= 15 is 0 Å². The molecule has 0 spiro atoms. The second kappa shape index (κ2) is 6.74. The molecular formula is C17H14NO5-. The number of carbonyl (C=O) groups excluding carboxylic acids is 3. The summed E-state index contributed by atoms with van der Waals surface area (Å²) in [7, 11) is 0. The zero-order valence-corrected chi connectivity index (χ0v) is 12.6. The van der Waals surface area contributed by atoms with Crippen molar-refractivity contribution < 1.29 is 24.2 Å². The number of amides is 1. The number of hydrogen-bond donors (Lipinski definition) is 1. The minimum atomic E-state index is -1.32. The van der Waals surface area contributed by atoms with Crippen molar-refractivity contribution in [2.45, 2.75) is 13.8 Å². The largest absolute Gasteiger partial charge is 0.545 e. The number of carboxylic acid groups (broad SMARTS) is 1. The molecule has 0 bridgehead atoms. The molecule has 23 heavy (non-hydrogen) atoms. The number of carbonyl (C=O) groups is 3. The van der Waals surface area contributed by atoms with Gasteiger partial charge in [-0.3, -0.25) is 9.59 Å². The summed E-state index contributed by atoms with van der Waals surface area (Å²) < 4.78 is 4.92. The summed E-state index contributed by atoms with van der Waals surface area (Å²) in [5.74, 6) is -2.00. The molecule has 0 fully saturated rings. The maximum absolute atomic E-state index is 12.3. The molecule has 0 unspecified atom stereocenters. The maximum atomic E-state index is 12.3. The van der Waals surface area contributed by atoms with Gasteiger partial charge in [-0.15, -0.1) is 0 Å². The van der Waals surface area contributed by atoms with E-state index < -0.39 is 17.8 Å². The summed E-state index contributed by atoms with van der Waals surface area (Å²) in [6.07, 6.45) is 0. The average Bonchev–Trinajstić information content (AvgIpc) is 2.48. The third-order valence-corrected chi connectivity index (χ3v) is 3.08. The van der Waals surface area contributed by atoms with Gasteiger partial charge >= 0.3 is 5.97 Å². The van der Waals surface area contributed by atoms with Gasteiger partial charge in [-0.2, -0.15) is 0 Å². The highest BCUT2D eigenvalue weighted by molar-refractivity contribution is 6.05. The topological polar surface area (TPSA) is 95.5 Å². The van der Waals surface area contributed by atoms with Crippen LogP contribution < -0.4 is 15.2 Å². The number of esters is 1. The number of anilines is 1. The first-order valence-corrected chi connectivity index (χ1v) is 6.78. The number of aromatic carboxylic acids is 1. The van der Waals surface area contributed by atoms with Gasteiger partial charge in [0.25, 0.3) is 5.91 Å².